The van der Waals surface area contributed by atoms with Gasteiger partial charge in [-0.2, -0.15) is 0 Å². The van der Waals surface area contributed by atoms with Crippen LogP contribution in [0, 0.1) is 0 Å². The average Bonchev–Trinajstić information content (AvgIpc) is 2.46. The Balaban J connectivity index is 2.25. The van der Waals surface area contributed by atoms with Crippen LogP contribution in [0.2, 0.25) is 0 Å². The molecule has 1 aromatic carbocycles. The van der Waals surface area contributed by atoms with Gasteiger partial charge < -0.3 is 15.0 Å². The summed E-state index contributed by atoms with van der Waals surface area (Å²) >= 11 is 0. The van der Waals surface area contributed by atoms with Gasteiger partial charge in [-0.25, -0.2) is 0 Å². The molecule has 0 spiro atoms. The number of methoxy groups -OCH3 is 1. The van der Waals surface area contributed by atoms with Crippen molar-refractivity contribution in [1.29, 1.82) is 0 Å². The predicted molar refractivity (Wildman–Crippen MR) is 76.4 cm³/mol. The molecule has 1 heterocycles. The smallest absolute Gasteiger partial charge is 0.252 e. The Kier molecular flexibility index (Phi) is 4.36. The predicted octanol–water partition coefficient (Wildman–Crippen LogP) is 2.16. The van der Waals surface area contributed by atoms with Crippen molar-refractivity contribution in [2.24, 2.45) is 0 Å². The van der Waals surface area contributed by atoms with Crippen molar-refractivity contribution in [1.82, 2.24) is 10.3 Å². The van der Waals surface area contributed by atoms with Crippen LogP contribution in [0.1, 0.15) is 12.5 Å². The van der Waals surface area contributed by atoms with Crippen molar-refractivity contribution in [2.75, 3.05) is 13.7 Å². The Hall–Kier alpha value is -2.07. The van der Waals surface area contributed by atoms with Crippen molar-refractivity contribution >= 4 is 0 Å². The normalized spacial score (nSPS) is 10.4. The number of hydrogen-bond donors (Lipinski definition) is 2. The first kappa shape index (κ1) is 13.4. The second-order valence-electron chi connectivity index (χ2n) is 4.24. The van der Waals surface area contributed by atoms with E-state index >= 15 is 0 Å². The highest BCUT2D eigenvalue weighted by Gasteiger charge is 2.03. The van der Waals surface area contributed by atoms with Crippen molar-refractivity contribution < 1.29 is 4.74 Å². The van der Waals surface area contributed by atoms with E-state index < -0.39 is 0 Å². The van der Waals surface area contributed by atoms with Crippen LogP contribution in [-0.2, 0) is 6.54 Å². The topological polar surface area (TPSA) is 54.1 Å². The van der Waals surface area contributed by atoms with Crippen molar-refractivity contribution in [3.8, 4) is 17.0 Å². The second kappa shape index (κ2) is 6.20. The molecule has 1 aromatic heterocycles. The molecule has 0 aliphatic carbocycles. The number of ether oxygens (including phenoxy) is 1. The lowest BCUT2D eigenvalue weighted by Crippen LogP contribution is -2.20. The maximum Gasteiger partial charge on any atom is 0.252 e. The third-order valence-corrected chi connectivity index (χ3v) is 2.96. The van der Waals surface area contributed by atoms with Crippen LogP contribution in [0.3, 0.4) is 0 Å². The number of pyridine rings is 1. The van der Waals surface area contributed by atoms with Gasteiger partial charge in [0.05, 0.1) is 7.11 Å². The van der Waals surface area contributed by atoms with E-state index in [-0.39, 0.29) is 5.56 Å². The van der Waals surface area contributed by atoms with Crippen LogP contribution in [-0.4, -0.2) is 18.6 Å². The first-order chi connectivity index (χ1) is 9.24. The van der Waals surface area contributed by atoms with Crippen LogP contribution in [0.15, 0.2) is 41.2 Å². The molecule has 0 radical (unpaired) electrons. The largest absolute Gasteiger partial charge is 0.497 e. The summed E-state index contributed by atoms with van der Waals surface area (Å²) < 4.78 is 5.11. The molecule has 100 valence electrons. The van der Waals surface area contributed by atoms with Crippen LogP contribution in [0.4, 0.5) is 0 Å². The van der Waals surface area contributed by atoms with E-state index in [1.54, 1.807) is 7.11 Å². The summed E-state index contributed by atoms with van der Waals surface area (Å²) in [4.78, 5) is 14.8. The lowest BCUT2D eigenvalue weighted by atomic mass is 10.1. The SMILES string of the molecule is CCNCc1ccc(-c2ccc(OC)cc2)[nH]c1=O. The lowest BCUT2D eigenvalue weighted by Gasteiger charge is -2.06. The Morgan fingerprint density at radius 2 is 1.89 bits per heavy atom. The van der Waals surface area contributed by atoms with E-state index in [4.69, 9.17) is 4.74 Å². The monoisotopic (exact) mass is 258 g/mol. The molecule has 0 aliphatic heterocycles. The third-order valence-electron chi connectivity index (χ3n) is 2.96. The standard InChI is InChI=1S/C15H18N2O2/c1-3-16-10-12-6-9-14(17-15(12)18)11-4-7-13(19-2)8-5-11/h4-9,16H,3,10H2,1-2H3,(H,17,18). The molecular formula is C15H18N2O2. The van der Waals surface area contributed by atoms with Gasteiger partial charge in [-0.1, -0.05) is 13.0 Å². The Bertz CT molecular complexity index is 588. The van der Waals surface area contributed by atoms with Gasteiger partial charge in [-0.05, 0) is 42.4 Å². The highest BCUT2D eigenvalue weighted by molar-refractivity contribution is 5.60. The Labute approximate surface area is 112 Å². The van der Waals surface area contributed by atoms with E-state index in [0.717, 1.165) is 29.1 Å². The summed E-state index contributed by atoms with van der Waals surface area (Å²) in [6.45, 7) is 3.45. The van der Waals surface area contributed by atoms with Crippen LogP contribution in [0.25, 0.3) is 11.3 Å². The number of nitrogens with one attached hydrogen (secondary N) is 2. The minimum absolute atomic E-state index is 0.0470. The Morgan fingerprint density at radius 3 is 2.47 bits per heavy atom. The molecule has 19 heavy (non-hydrogen) atoms. The van der Waals surface area contributed by atoms with E-state index in [1.807, 2.05) is 43.3 Å². The first-order valence-electron chi connectivity index (χ1n) is 6.32. The van der Waals surface area contributed by atoms with E-state index in [9.17, 15) is 4.79 Å². The second-order valence-corrected chi connectivity index (χ2v) is 4.24. The van der Waals surface area contributed by atoms with Crippen molar-refractivity contribution in [3.63, 3.8) is 0 Å². The molecule has 2 aromatic rings. The van der Waals surface area contributed by atoms with Gasteiger partial charge in [-0.15, -0.1) is 0 Å². The summed E-state index contributed by atoms with van der Waals surface area (Å²) in [5.74, 6) is 0.801. The number of aromatic nitrogens is 1. The zero-order valence-corrected chi connectivity index (χ0v) is 11.2. The van der Waals surface area contributed by atoms with Gasteiger partial charge >= 0.3 is 0 Å². The number of rotatable bonds is 5. The number of benzene rings is 1. The first-order valence-corrected chi connectivity index (χ1v) is 6.32. The van der Waals surface area contributed by atoms with Crippen molar-refractivity contribution in [3.05, 3.63) is 52.3 Å². The quantitative estimate of drug-likeness (QED) is 0.864. The van der Waals surface area contributed by atoms with Crippen LogP contribution >= 0.6 is 0 Å². The zero-order valence-electron chi connectivity index (χ0n) is 11.2. The fraction of sp³-hybridized carbons (Fsp3) is 0.267. The van der Waals surface area contributed by atoms with Crippen molar-refractivity contribution in [2.45, 2.75) is 13.5 Å². The van der Waals surface area contributed by atoms with Gasteiger partial charge in [0.2, 0.25) is 0 Å². The van der Waals surface area contributed by atoms with Crippen LogP contribution < -0.4 is 15.6 Å². The fourth-order valence-electron chi connectivity index (χ4n) is 1.84. The molecule has 0 fully saturated rings. The lowest BCUT2D eigenvalue weighted by molar-refractivity contribution is 0.415. The molecule has 4 heteroatoms. The molecule has 2 rings (SSSR count). The fourth-order valence-corrected chi connectivity index (χ4v) is 1.84. The van der Waals surface area contributed by atoms with Gasteiger partial charge in [0.1, 0.15) is 5.75 Å². The highest BCUT2D eigenvalue weighted by atomic mass is 16.5. The maximum absolute atomic E-state index is 11.9. The van der Waals surface area contributed by atoms with E-state index in [1.165, 1.54) is 0 Å². The molecule has 0 saturated carbocycles. The summed E-state index contributed by atoms with van der Waals surface area (Å²) in [7, 11) is 1.63. The zero-order chi connectivity index (χ0) is 13.7. The molecular weight excluding hydrogens is 240 g/mol. The van der Waals surface area contributed by atoms with E-state index in [2.05, 4.69) is 10.3 Å². The maximum atomic E-state index is 11.9. The van der Waals surface area contributed by atoms with Gasteiger partial charge in [0.25, 0.3) is 5.56 Å². The van der Waals surface area contributed by atoms with Gasteiger partial charge in [-0.3, -0.25) is 4.79 Å². The molecule has 2 N–H and O–H groups in total. The molecule has 0 unspecified atom stereocenters. The Morgan fingerprint density at radius 1 is 1.16 bits per heavy atom. The minimum atomic E-state index is -0.0470. The molecule has 0 atom stereocenters. The average molecular weight is 258 g/mol. The molecule has 0 aliphatic rings. The summed E-state index contributed by atoms with van der Waals surface area (Å²) in [5, 5.41) is 3.14. The number of hydrogen-bond acceptors (Lipinski definition) is 3. The molecule has 4 nitrogen and oxygen atoms in total. The molecule has 0 bridgehead atoms. The van der Waals surface area contributed by atoms with Gasteiger partial charge in [0, 0.05) is 17.8 Å². The minimum Gasteiger partial charge on any atom is -0.497 e. The van der Waals surface area contributed by atoms with Gasteiger partial charge in [0.15, 0.2) is 0 Å². The summed E-state index contributed by atoms with van der Waals surface area (Å²) in [6, 6.07) is 11.4. The highest BCUT2D eigenvalue weighted by Crippen LogP contribution is 2.19. The van der Waals surface area contributed by atoms with E-state index in [0.29, 0.717) is 6.54 Å². The molecule has 0 amide bonds. The number of aromatic amines is 1. The number of H-pyrrole nitrogens is 1. The summed E-state index contributed by atoms with van der Waals surface area (Å²) in [5.41, 5.74) is 2.48. The van der Waals surface area contributed by atoms with Crippen LogP contribution in [0.5, 0.6) is 5.75 Å². The molecule has 0 saturated heterocycles. The third kappa shape index (κ3) is 3.23. The summed E-state index contributed by atoms with van der Waals surface area (Å²) in [6.07, 6.45) is 0.